The van der Waals surface area contributed by atoms with Crippen LogP contribution in [0.5, 0.6) is 5.88 Å². The number of ether oxygens (including phenoxy) is 1. The lowest BCUT2D eigenvalue weighted by Crippen LogP contribution is -2.44. The molecule has 1 aliphatic rings. The highest BCUT2D eigenvalue weighted by atomic mass is 127. The van der Waals surface area contributed by atoms with Crippen molar-refractivity contribution in [2.24, 2.45) is 4.99 Å². The van der Waals surface area contributed by atoms with E-state index < -0.39 is 0 Å². The standard InChI is InChI=1S/C22H33N5O2.HI/c1-17(2)29-21-10-9-18(14-24-21)15-25-22(23-3)26-16-19(20-8-7-13-28-20)27-11-5-4-6-12-27;/h7-10,13-14,17,19H,4-6,11-12,15-16H2,1-3H3,(H2,23,25,26);1H. The number of halogens is 1. The number of piperidine rings is 1. The van der Waals surface area contributed by atoms with Gasteiger partial charge in [0.2, 0.25) is 5.88 Å². The molecule has 1 aliphatic heterocycles. The van der Waals surface area contributed by atoms with Crippen LogP contribution in [0.3, 0.4) is 0 Å². The molecule has 1 unspecified atom stereocenters. The third-order valence-electron chi connectivity index (χ3n) is 5.00. The van der Waals surface area contributed by atoms with Gasteiger partial charge in [0.15, 0.2) is 5.96 Å². The molecule has 166 valence electrons. The van der Waals surface area contributed by atoms with Crippen molar-refractivity contribution in [3.05, 3.63) is 48.0 Å². The molecule has 1 atom stereocenters. The van der Waals surface area contributed by atoms with Crippen molar-refractivity contribution in [1.29, 1.82) is 0 Å². The second-order valence-corrected chi connectivity index (χ2v) is 7.61. The summed E-state index contributed by atoms with van der Waals surface area (Å²) >= 11 is 0. The van der Waals surface area contributed by atoms with Gasteiger partial charge in [0.1, 0.15) is 5.76 Å². The lowest BCUT2D eigenvalue weighted by atomic mass is 10.1. The maximum absolute atomic E-state index is 5.72. The van der Waals surface area contributed by atoms with Gasteiger partial charge in [-0.1, -0.05) is 12.5 Å². The monoisotopic (exact) mass is 527 g/mol. The maximum Gasteiger partial charge on any atom is 0.213 e. The van der Waals surface area contributed by atoms with Crippen molar-refractivity contribution in [3.63, 3.8) is 0 Å². The van der Waals surface area contributed by atoms with Crippen molar-refractivity contribution in [3.8, 4) is 5.88 Å². The summed E-state index contributed by atoms with van der Waals surface area (Å²) in [7, 11) is 1.79. The Balaban J connectivity index is 0.00000320. The number of furan rings is 1. The fourth-order valence-corrected chi connectivity index (χ4v) is 3.55. The first-order valence-corrected chi connectivity index (χ1v) is 10.5. The second-order valence-electron chi connectivity index (χ2n) is 7.61. The predicted molar refractivity (Wildman–Crippen MR) is 130 cm³/mol. The normalized spacial score (nSPS) is 16.1. The van der Waals surface area contributed by atoms with Crippen LogP contribution in [0, 0.1) is 0 Å². The molecule has 0 aliphatic carbocycles. The van der Waals surface area contributed by atoms with E-state index in [0.29, 0.717) is 12.4 Å². The van der Waals surface area contributed by atoms with E-state index in [2.05, 4.69) is 31.6 Å². The molecule has 30 heavy (non-hydrogen) atoms. The minimum absolute atomic E-state index is 0. The fourth-order valence-electron chi connectivity index (χ4n) is 3.55. The molecule has 0 aromatic carbocycles. The van der Waals surface area contributed by atoms with E-state index in [0.717, 1.165) is 36.9 Å². The quantitative estimate of drug-likeness (QED) is 0.308. The molecular formula is C22H34IN5O2. The number of nitrogens with zero attached hydrogens (tertiary/aromatic N) is 3. The second kappa shape index (κ2) is 12.8. The minimum Gasteiger partial charge on any atom is -0.475 e. The number of nitrogens with one attached hydrogen (secondary N) is 2. The number of pyridine rings is 1. The first-order valence-electron chi connectivity index (χ1n) is 10.5. The van der Waals surface area contributed by atoms with Crippen LogP contribution in [0.25, 0.3) is 0 Å². The van der Waals surface area contributed by atoms with Crippen LogP contribution in [0.4, 0.5) is 0 Å². The number of guanidine groups is 1. The Labute approximate surface area is 196 Å². The summed E-state index contributed by atoms with van der Waals surface area (Å²) < 4.78 is 11.3. The topological polar surface area (TPSA) is 74.9 Å². The van der Waals surface area contributed by atoms with Crippen LogP contribution in [-0.2, 0) is 6.54 Å². The van der Waals surface area contributed by atoms with E-state index in [1.165, 1.54) is 19.3 Å². The summed E-state index contributed by atoms with van der Waals surface area (Å²) in [5.74, 6) is 2.41. The van der Waals surface area contributed by atoms with Gasteiger partial charge in [-0.25, -0.2) is 4.98 Å². The summed E-state index contributed by atoms with van der Waals surface area (Å²) in [6.07, 6.45) is 7.50. The highest BCUT2D eigenvalue weighted by molar-refractivity contribution is 14.0. The lowest BCUT2D eigenvalue weighted by molar-refractivity contribution is 0.146. The average Bonchev–Trinajstić information content (AvgIpc) is 3.26. The number of hydrogen-bond acceptors (Lipinski definition) is 5. The molecule has 1 fully saturated rings. The van der Waals surface area contributed by atoms with Crippen molar-refractivity contribution in [1.82, 2.24) is 20.5 Å². The Morgan fingerprint density at radius 2 is 2.00 bits per heavy atom. The molecule has 0 radical (unpaired) electrons. The highest BCUT2D eigenvalue weighted by Crippen LogP contribution is 2.24. The number of aromatic nitrogens is 1. The molecule has 8 heteroatoms. The Morgan fingerprint density at radius 1 is 1.20 bits per heavy atom. The molecule has 0 bridgehead atoms. The van der Waals surface area contributed by atoms with Crippen molar-refractivity contribution >= 4 is 29.9 Å². The average molecular weight is 527 g/mol. The van der Waals surface area contributed by atoms with E-state index in [1.54, 1.807) is 13.3 Å². The lowest BCUT2D eigenvalue weighted by Gasteiger charge is -2.33. The Kier molecular flexibility index (Phi) is 10.4. The summed E-state index contributed by atoms with van der Waals surface area (Å²) in [5.41, 5.74) is 1.07. The predicted octanol–water partition coefficient (Wildman–Crippen LogP) is 3.97. The van der Waals surface area contributed by atoms with E-state index in [4.69, 9.17) is 9.15 Å². The molecule has 3 rings (SSSR count). The molecule has 0 spiro atoms. The van der Waals surface area contributed by atoms with Crippen molar-refractivity contribution < 1.29 is 9.15 Å². The van der Waals surface area contributed by atoms with Gasteiger partial charge in [-0.15, -0.1) is 24.0 Å². The maximum atomic E-state index is 5.72. The van der Waals surface area contributed by atoms with Gasteiger partial charge in [0.05, 0.1) is 18.4 Å². The molecule has 2 aromatic heterocycles. The van der Waals surface area contributed by atoms with Gasteiger partial charge in [-0.2, -0.15) is 0 Å². The number of hydrogen-bond donors (Lipinski definition) is 2. The van der Waals surface area contributed by atoms with Gasteiger partial charge in [-0.3, -0.25) is 9.89 Å². The van der Waals surface area contributed by atoms with Gasteiger partial charge in [0, 0.05) is 32.4 Å². The van der Waals surface area contributed by atoms with Crippen molar-refractivity contribution in [2.45, 2.75) is 51.8 Å². The van der Waals surface area contributed by atoms with E-state index in [9.17, 15) is 0 Å². The zero-order chi connectivity index (χ0) is 20.5. The Bertz CT molecular complexity index is 743. The Hall–Kier alpha value is -1.81. The summed E-state index contributed by atoms with van der Waals surface area (Å²) in [4.78, 5) is 11.2. The summed E-state index contributed by atoms with van der Waals surface area (Å²) in [6, 6.07) is 8.14. The number of aliphatic imine (C=N–C) groups is 1. The van der Waals surface area contributed by atoms with Crippen LogP contribution in [0.2, 0.25) is 0 Å². The molecule has 0 saturated carbocycles. The minimum atomic E-state index is 0. The summed E-state index contributed by atoms with van der Waals surface area (Å²) in [5, 5.41) is 6.81. The summed E-state index contributed by atoms with van der Waals surface area (Å²) in [6.45, 7) is 7.58. The van der Waals surface area contributed by atoms with Gasteiger partial charge in [0.25, 0.3) is 0 Å². The highest BCUT2D eigenvalue weighted by Gasteiger charge is 2.24. The van der Waals surface area contributed by atoms with Crippen molar-refractivity contribution in [2.75, 3.05) is 26.7 Å². The molecule has 1 saturated heterocycles. The first kappa shape index (κ1) is 24.5. The third kappa shape index (κ3) is 7.46. The van der Waals surface area contributed by atoms with Gasteiger partial charge >= 0.3 is 0 Å². The third-order valence-corrected chi connectivity index (χ3v) is 5.00. The smallest absolute Gasteiger partial charge is 0.213 e. The molecule has 2 N–H and O–H groups in total. The van der Waals surface area contributed by atoms with Gasteiger partial charge < -0.3 is 19.8 Å². The largest absolute Gasteiger partial charge is 0.475 e. The van der Waals surface area contributed by atoms with Crippen LogP contribution in [0.15, 0.2) is 46.1 Å². The van der Waals surface area contributed by atoms with Crippen LogP contribution in [-0.4, -0.2) is 48.6 Å². The number of likely N-dealkylation sites (tertiary alicyclic amines) is 1. The SMILES string of the molecule is CN=C(NCc1ccc(OC(C)C)nc1)NCC(c1ccco1)N1CCCCC1.I. The first-order chi connectivity index (χ1) is 14.2. The molecule has 3 heterocycles. The molecule has 7 nitrogen and oxygen atoms in total. The van der Waals surface area contributed by atoms with Gasteiger partial charge in [-0.05, 0) is 57.5 Å². The molecule has 0 amide bonds. The molecular weight excluding hydrogens is 493 g/mol. The van der Waals surface area contributed by atoms with E-state index in [-0.39, 0.29) is 36.1 Å². The van der Waals surface area contributed by atoms with Crippen LogP contribution >= 0.6 is 24.0 Å². The zero-order valence-corrected chi connectivity index (χ0v) is 20.5. The fraction of sp³-hybridized carbons (Fsp3) is 0.545. The van der Waals surface area contributed by atoms with Crippen LogP contribution < -0.4 is 15.4 Å². The molecule has 2 aromatic rings. The zero-order valence-electron chi connectivity index (χ0n) is 18.1. The van der Waals surface area contributed by atoms with E-state index >= 15 is 0 Å². The van der Waals surface area contributed by atoms with Crippen LogP contribution in [0.1, 0.15) is 50.5 Å². The van der Waals surface area contributed by atoms with E-state index in [1.807, 2.05) is 38.2 Å². The Morgan fingerprint density at radius 3 is 2.60 bits per heavy atom. The number of rotatable bonds is 8.